The summed E-state index contributed by atoms with van der Waals surface area (Å²) in [6.07, 6.45) is 2.24. The van der Waals surface area contributed by atoms with Crippen LogP contribution in [-0.4, -0.2) is 28.9 Å². The summed E-state index contributed by atoms with van der Waals surface area (Å²) in [6, 6.07) is -0.661. The maximum atomic E-state index is 11.1. The number of aromatic nitrogens is 2. The van der Waals surface area contributed by atoms with Crippen LogP contribution >= 0.6 is 15.9 Å². The molecule has 1 atom stereocenters. The molecule has 5 nitrogen and oxygen atoms in total. The molecule has 0 aliphatic heterocycles. The summed E-state index contributed by atoms with van der Waals surface area (Å²) in [5.74, 6) is -0.423. The standard InChI is InChI=1S/C9H14BrN3O2/c1-3-13-5-6(10)8(12-13)4-7(11)9(14)15-2/h5,7H,3-4,11H2,1-2H3. The van der Waals surface area contributed by atoms with Crippen LogP contribution in [0, 0.1) is 0 Å². The van der Waals surface area contributed by atoms with Crippen LogP contribution in [0.5, 0.6) is 0 Å². The van der Waals surface area contributed by atoms with Gasteiger partial charge in [0.25, 0.3) is 0 Å². The van der Waals surface area contributed by atoms with E-state index in [9.17, 15) is 4.79 Å². The molecule has 1 aromatic heterocycles. The monoisotopic (exact) mass is 275 g/mol. The number of ether oxygens (including phenoxy) is 1. The second-order valence-corrected chi connectivity index (χ2v) is 3.97. The molecule has 0 amide bonds. The van der Waals surface area contributed by atoms with Gasteiger partial charge in [-0.3, -0.25) is 9.48 Å². The minimum atomic E-state index is -0.661. The van der Waals surface area contributed by atoms with Gasteiger partial charge in [-0.1, -0.05) is 0 Å². The van der Waals surface area contributed by atoms with Gasteiger partial charge in [0, 0.05) is 19.2 Å². The molecule has 0 fully saturated rings. The van der Waals surface area contributed by atoms with E-state index in [1.165, 1.54) is 7.11 Å². The second kappa shape index (κ2) is 5.27. The molecule has 2 N–H and O–H groups in total. The SMILES string of the molecule is CCn1cc(Br)c(CC(N)C(=O)OC)n1. The van der Waals surface area contributed by atoms with Crippen molar-refractivity contribution in [1.82, 2.24) is 9.78 Å². The van der Waals surface area contributed by atoms with Gasteiger partial charge < -0.3 is 10.5 Å². The zero-order valence-corrected chi connectivity index (χ0v) is 10.3. The van der Waals surface area contributed by atoms with E-state index in [0.29, 0.717) is 6.42 Å². The summed E-state index contributed by atoms with van der Waals surface area (Å²) in [5.41, 5.74) is 6.41. The van der Waals surface area contributed by atoms with Crippen molar-refractivity contribution in [3.63, 3.8) is 0 Å². The molecule has 0 spiro atoms. The number of esters is 1. The first-order valence-corrected chi connectivity index (χ1v) is 5.43. The summed E-state index contributed by atoms with van der Waals surface area (Å²) < 4.78 is 7.19. The Morgan fingerprint density at radius 3 is 2.93 bits per heavy atom. The maximum absolute atomic E-state index is 11.1. The molecular weight excluding hydrogens is 262 g/mol. The lowest BCUT2D eigenvalue weighted by Crippen LogP contribution is -2.33. The largest absolute Gasteiger partial charge is 0.468 e. The van der Waals surface area contributed by atoms with Crippen molar-refractivity contribution in [2.75, 3.05) is 7.11 Å². The number of nitrogens with two attached hydrogens (primary N) is 1. The van der Waals surface area contributed by atoms with Gasteiger partial charge in [0.05, 0.1) is 17.3 Å². The first-order chi connectivity index (χ1) is 7.08. The van der Waals surface area contributed by atoms with Crippen molar-refractivity contribution in [2.24, 2.45) is 5.73 Å². The van der Waals surface area contributed by atoms with Gasteiger partial charge >= 0.3 is 5.97 Å². The predicted octanol–water partition coefficient (Wildman–Crippen LogP) is 0.708. The summed E-state index contributed by atoms with van der Waals surface area (Å²) >= 11 is 3.37. The number of rotatable bonds is 4. The quantitative estimate of drug-likeness (QED) is 0.822. The van der Waals surface area contributed by atoms with Crippen LogP contribution < -0.4 is 5.73 Å². The minimum Gasteiger partial charge on any atom is -0.468 e. The number of carbonyl (C=O) groups excluding carboxylic acids is 1. The number of carbonyl (C=O) groups is 1. The number of nitrogens with zero attached hydrogens (tertiary/aromatic N) is 2. The van der Waals surface area contributed by atoms with E-state index in [2.05, 4.69) is 25.8 Å². The van der Waals surface area contributed by atoms with Gasteiger partial charge in [0.15, 0.2) is 0 Å². The van der Waals surface area contributed by atoms with Crippen LogP contribution in [0.15, 0.2) is 10.7 Å². The number of hydrogen-bond acceptors (Lipinski definition) is 4. The van der Waals surface area contributed by atoms with Gasteiger partial charge in [0.1, 0.15) is 6.04 Å². The van der Waals surface area contributed by atoms with Crippen LogP contribution in [0.25, 0.3) is 0 Å². The average molecular weight is 276 g/mol. The third kappa shape index (κ3) is 3.04. The van der Waals surface area contributed by atoms with E-state index in [1.807, 2.05) is 13.1 Å². The summed E-state index contributed by atoms with van der Waals surface area (Å²) in [7, 11) is 1.32. The zero-order chi connectivity index (χ0) is 11.4. The van der Waals surface area contributed by atoms with Gasteiger partial charge in [-0.05, 0) is 22.9 Å². The van der Waals surface area contributed by atoms with E-state index >= 15 is 0 Å². The third-order valence-electron chi connectivity index (χ3n) is 2.03. The number of methoxy groups -OCH3 is 1. The van der Waals surface area contributed by atoms with Crippen molar-refractivity contribution >= 4 is 21.9 Å². The molecule has 15 heavy (non-hydrogen) atoms. The Labute approximate surface area is 96.7 Å². The minimum absolute atomic E-state index is 0.375. The molecule has 1 aromatic rings. The smallest absolute Gasteiger partial charge is 0.323 e. The Bertz CT molecular complexity index is 351. The van der Waals surface area contributed by atoms with Crippen molar-refractivity contribution in [3.8, 4) is 0 Å². The molecule has 84 valence electrons. The van der Waals surface area contributed by atoms with Crippen molar-refractivity contribution in [1.29, 1.82) is 0 Å². The van der Waals surface area contributed by atoms with Gasteiger partial charge in [0.2, 0.25) is 0 Å². The van der Waals surface area contributed by atoms with E-state index in [0.717, 1.165) is 16.7 Å². The van der Waals surface area contributed by atoms with Gasteiger partial charge in [-0.15, -0.1) is 0 Å². The summed E-state index contributed by atoms with van der Waals surface area (Å²) in [4.78, 5) is 11.1. The number of halogens is 1. The first kappa shape index (κ1) is 12.2. The Balaban J connectivity index is 2.71. The lowest BCUT2D eigenvalue weighted by molar-refractivity contribution is -0.142. The Hall–Kier alpha value is -0.880. The Kier molecular flexibility index (Phi) is 4.28. The average Bonchev–Trinajstić information content (AvgIpc) is 2.58. The van der Waals surface area contributed by atoms with E-state index in [1.54, 1.807) is 4.68 Å². The molecule has 0 aliphatic carbocycles. The second-order valence-electron chi connectivity index (χ2n) is 3.11. The van der Waals surface area contributed by atoms with E-state index in [4.69, 9.17) is 5.73 Å². The fraction of sp³-hybridized carbons (Fsp3) is 0.556. The summed E-state index contributed by atoms with van der Waals surface area (Å²) in [6.45, 7) is 2.77. The molecule has 0 radical (unpaired) electrons. The van der Waals surface area contributed by atoms with Crippen molar-refractivity contribution < 1.29 is 9.53 Å². The number of hydrogen-bond donors (Lipinski definition) is 1. The molecule has 1 heterocycles. The zero-order valence-electron chi connectivity index (χ0n) is 8.74. The Morgan fingerprint density at radius 1 is 1.80 bits per heavy atom. The van der Waals surface area contributed by atoms with Gasteiger partial charge in [-0.25, -0.2) is 0 Å². The van der Waals surface area contributed by atoms with E-state index < -0.39 is 12.0 Å². The molecule has 0 saturated heterocycles. The molecule has 0 saturated carbocycles. The third-order valence-corrected chi connectivity index (χ3v) is 2.69. The van der Waals surface area contributed by atoms with Crippen molar-refractivity contribution in [2.45, 2.75) is 25.9 Å². The van der Waals surface area contributed by atoms with Crippen LogP contribution in [0.2, 0.25) is 0 Å². The maximum Gasteiger partial charge on any atom is 0.323 e. The predicted molar refractivity (Wildman–Crippen MR) is 59.3 cm³/mol. The molecule has 1 rings (SSSR count). The lowest BCUT2D eigenvalue weighted by Gasteiger charge is -2.06. The van der Waals surface area contributed by atoms with Gasteiger partial charge in [-0.2, -0.15) is 5.10 Å². The molecular formula is C9H14BrN3O2. The normalized spacial score (nSPS) is 12.5. The highest BCUT2D eigenvalue weighted by atomic mass is 79.9. The Morgan fingerprint density at radius 2 is 2.47 bits per heavy atom. The summed E-state index contributed by atoms with van der Waals surface area (Å²) in [5, 5.41) is 4.27. The van der Waals surface area contributed by atoms with Crippen LogP contribution in [0.1, 0.15) is 12.6 Å². The highest BCUT2D eigenvalue weighted by Crippen LogP contribution is 2.16. The number of aryl methyl sites for hydroxylation is 1. The molecule has 6 heteroatoms. The van der Waals surface area contributed by atoms with Crippen LogP contribution in [0.3, 0.4) is 0 Å². The lowest BCUT2D eigenvalue weighted by atomic mass is 10.2. The molecule has 0 aromatic carbocycles. The fourth-order valence-electron chi connectivity index (χ4n) is 1.18. The molecule has 1 unspecified atom stereocenters. The molecule has 0 aliphatic rings. The molecule has 0 bridgehead atoms. The van der Waals surface area contributed by atoms with Crippen LogP contribution in [0.4, 0.5) is 0 Å². The highest BCUT2D eigenvalue weighted by molar-refractivity contribution is 9.10. The van der Waals surface area contributed by atoms with Crippen molar-refractivity contribution in [3.05, 3.63) is 16.4 Å². The van der Waals surface area contributed by atoms with Crippen LogP contribution in [-0.2, 0) is 22.5 Å². The first-order valence-electron chi connectivity index (χ1n) is 4.63. The fourth-order valence-corrected chi connectivity index (χ4v) is 1.66. The van der Waals surface area contributed by atoms with E-state index in [-0.39, 0.29) is 0 Å². The topological polar surface area (TPSA) is 70.1 Å². The highest BCUT2D eigenvalue weighted by Gasteiger charge is 2.17.